The van der Waals surface area contributed by atoms with Gasteiger partial charge in [-0.05, 0) is 83.5 Å². The van der Waals surface area contributed by atoms with Crippen molar-refractivity contribution in [3.63, 3.8) is 0 Å². The second kappa shape index (κ2) is 39.8. The smallest absolute Gasteiger partial charge is 0.362 e. The van der Waals surface area contributed by atoms with Crippen LogP contribution >= 0.6 is 0 Å². The predicted octanol–water partition coefficient (Wildman–Crippen LogP) is 12.1. The maximum absolute atomic E-state index is 12.7. The minimum atomic E-state index is -0.894. The van der Waals surface area contributed by atoms with E-state index in [0.717, 1.165) is 83.5 Å². The molecule has 8 heteroatoms. The highest BCUT2D eigenvalue weighted by atomic mass is 16.6. The molecule has 0 spiro atoms. The van der Waals surface area contributed by atoms with Crippen LogP contribution in [0.3, 0.4) is 0 Å². The van der Waals surface area contributed by atoms with Crippen molar-refractivity contribution in [1.82, 2.24) is 0 Å². The molecule has 0 radical (unpaired) electrons. The summed E-state index contributed by atoms with van der Waals surface area (Å²) in [6.07, 6.45) is 54.3. The monoisotopic (exact) mass is 807 g/mol. The van der Waals surface area contributed by atoms with Crippen molar-refractivity contribution in [2.45, 2.75) is 148 Å². The molecule has 2 atom stereocenters. The normalized spacial score (nSPS) is 14.0. The number of likely N-dealkylation sites (N-methyl/N-ethyl adjacent to an activating group) is 1. The number of aliphatic carboxylic acids is 1. The molecule has 0 bridgehead atoms. The summed E-state index contributed by atoms with van der Waals surface area (Å²) < 4.78 is 17.1. The molecule has 0 heterocycles. The number of carbonyl (C=O) groups excluding carboxylic acids is 2. The van der Waals surface area contributed by atoms with Crippen LogP contribution in [0.5, 0.6) is 0 Å². The fraction of sp³-hybridized carbons (Fsp3) is 0.580. The summed E-state index contributed by atoms with van der Waals surface area (Å²) in [7, 11) is 5.48. The molecular formula is C50H80NO7+. The van der Waals surface area contributed by atoms with Crippen molar-refractivity contribution >= 4 is 17.9 Å². The molecular weight excluding hydrogens is 727 g/mol. The summed E-state index contributed by atoms with van der Waals surface area (Å²) >= 11 is 0. The number of allylic oxidation sites excluding steroid dienone is 18. The van der Waals surface area contributed by atoms with Gasteiger partial charge in [0.25, 0.3) is 0 Å². The number of carboxylic acids is 1. The lowest BCUT2D eigenvalue weighted by molar-refractivity contribution is -0.887. The standard InChI is InChI=1S/C50H79NO7/c1-6-8-10-12-14-16-18-19-20-21-22-23-24-25-26-27-28-29-31-33-35-37-39-41-49(53)58-46(44-56-43-42-47(50(54)55)51(3,4)5)45-57-48(52)40-38-36-34-32-30-17-15-13-11-9-7-2/h8,10,13-17,19-20,22-23,25-26,28-30,33,35,46-47H,6-7,9,11-12,18,21,24,27,31-32,34,36-45H2,1-5H3/p+1/b10-8+,15-13+,16-14+,20-19+,23-22+,26-25+,29-28+,30-17+,35-33+. The zero-order valence-corrected chi connectivity index (χ0v) is 36.9. The number of nitrogens with zero attached hydrogens (tertiary/aromatic N) is 1. The summed E-state index contributed by atoms with van der Waals surface area (Å²) in [5.74, 6) is -1.60. The fourth-order valence-corrected chi connectivity index (χ4v) is 5.53. The third-order valence-electron chi connectivity index (χ3n) is 8.93. The second-order valence-corrected chi connectivity index (χ2v) is 15.2. The Bertz CT molecular complexity index is 1310. The van der Waals surface area contributed by atoms with Crippen LogP contribution < -0.4 is 0 Å². The van der Waals surface area contributed by atoms with Gasteiger partial charge in [-0.3, -0.25) is 9.59 Å². The molecule has 58 heavy (non-hydrogen) atoms. The Morgan fingerprint density at radius 3 is 1.53 bits per heavy atom. The van der Waals surface area contributed by atoms with E-state index in [1.54, 1.807) is 0 Å². The Morgan fingerprint density at radius 2 is 1.03 bits per heavy atom. The van der Waals surface area contributed by atoms with Gasteiger partial charge in [-0.25, -0.2) is 4.79 Å². The Kier molecular flexibility index (Phi) is 37.0. The van der Waals surface area contributed by atoms with E-state index in [-0.39, 0.29) is 42.7 Å². The number of quaternary nitrogens is 1. The average molecular weight is 807 g/mol. The van der Waals surface area contributed by atoms with Crippen LogP contribution in [0.4, 0.5) is 0 Å². The number of hydrogen-bond acceptors (Lipinski definition) is 6. The number of carboxylic acid groups (broad SMARTS) is 1. The minimum Gasteiger partial charge on any atom is -0.477 e. The van der Waals surface area contributed by atoms with E-state index in [2.05, 4.69) is 123 Å². The summed E-state index contributed by atoms with van der Waals surface area (Å²) in [5.41, 5.74) is 0. The summed E-state index contributed by atoms with van der Waals surface area (Å²) in [6.45, 7) is 4.44. The van der Waals surface area contributed by atoms with Gasteiger partial charge in [0.1, 0.15) is 6.61 Å². The number of rotatable bonds is 37. The van der Waals surface area contributed by atoms with Crippen LogP contribution in [0, 0.1) is 0 Å². The SMILES string of the molecule is CC/C=C/C/C=C/C/C=C/C/C=C/C/C=C/C/C=C/C/C=C/CCCC(=O)OC(COCCC(C(=O)O)[N+](C)(C)C)COC(=O)CCCCC/C=C/C=C/CCCC. The Labute approximate surface area is 353 Å². The number of esters is 2. The number of unbranched alkanes of at least 4 members (excludes halogenated alkanes) is 6. The largest absolute Gasteiger partial charge is 0.477 e. The maximum Gasteiger partial charge on any atom is 0.362 e. The van der Waals surface area contributed by atoms with Crippen molar-refractivity contribution in [2.24, 2.45) is 0 Å². The van der Waals surface area contributed by atoms with E-state index in [1.807, 2.05) is 21.1 Å². The fourth-order valence-electron chi connectivity index (χ4n) is 5.53. The molecule has 0 saturated heterocycles. The minimum absolute atomic E-state index is 0.0214. The van der Waals surface area contributed by atoms with Gasteiger partial charge >= 0.3 is 17.9 Å². The molecule has 0 aliphatic heterocycles. The van der Waals surface area contributed by atoms with Gasteiger partial charge in [0.2, 0.25) is 0 Å². The molecule has 0 aromatic rings. The van der Waals surface area contributed by atoms with Crippen molar-refractivity contribution in [3.05, 3.63) is 109 Å². The first-order chi connectivity index (χ1) is 28.1. The van der Waals surface area contributed by atoms with Crippen molar-refractivity contribution in [3.8, 4) is 0 Å². The van der Waals surface area contributed by atoms with Crippen LogP contribution in [0.2, 0.25) is 0 Å². The average Bonchev–Trinajstić information content (AvgIpc) is 3.18. The van der Waals surface area contributed by atoms with E-state index in [1.165, 1.54) is 12.8 Å². The van der Waals surface area contributed by atoms with E-state index >= 15 is 0 Å². The highest BCUT2D eigenvalue weighted by Gasteiger charge is 2.31. The molecule has 0 amide bonds. The molecule has 0 aromatic carbocycles. The van der Waals surface area contributed by atoms with Gasteiger partial charge < -0.3 is 23.8 Å². The maximum atomic E-state index is 12.7. The van der Waals surface area contributed by atoms with Crippen LogP contribution in [0.25, 0.3) is 0 Å². The lowest BCUT2D eigenvalue weighted by atomic mass is 10.1. The molecule has 0 rings (SSSR count). The van der Waals surface area contributed by atoms with Crippen LogP contribution in [0.15, 0.2) is 109 Å². The highest BCUT2D eigenvalue weighted by Crippen LogP contribution is 2.11. The molecule has 326 valence electrons. The predicted molar refractivity (Wildman–Crippen MR) is 242 cm³/mol. The lowest BCUT2D eigenvalue weighted by Crippen LogP contribution is -2.50. The summed E-state index contributed by atoms with van der Waals surface area (Å²) in [5, 5.41) is 9.61. The van der Waals surface area contributed by atoms with Gasteiger partial charge in [-0.1, -0.05) is 142 Å². The van der Waals surface area contributed by atoms with Crippen molar-refractivity contribution in [2.75, 3.05) is 41.0 Å². The first kappa shape index (κ1) is 54.0. The number of carbonyl (C=O) groups is 3. The van der Waals surface area contributed by atoms with Crippen molar-refractivity contribution in [1.29, 1.82) is 0 Å². The molecule has 2 unspecified atom stereocenters. The van der Waals surface area contributed by atoms with Gasteiger partial charge in [0, 0.05) is 19.3 Å². The van der Waals surface area contributed by atoms with Gasteiger partial charge in [-0.2, -0.15) is 0 Å². The first-order valence-electron chi connectivity index (χ1n) is 21.9. The van der Waals surface area contributed by atoms with E-state index in [0.29, 0.717) is 19.3 Å². The molecule has 0 aliphatic carbocycles. The Hall–Kier alpha value is -4.01. The Balaban J connectivity index is 4.49. The highest BCUT2D eigenvalue weighted by molar-refractivity contribution is 5.72. The third-order valence-corrected chi connectivity index (χ3v) is 8.93. The quantitative estimate of drug-likeness (QED) is 0.0219. The van der Waals surface area contributed by atoms with E-state index in [4.69, 9.17) is 14.2 Å². The van der Waals surface area contributed by atoms with Gasteiger partial charge in [-0.15, -0.1) is 0 Å². The Morgan fingerprint density at radius 1 is 0.552 bits per heavy atom. The van der Waals surface area contributed by atoms with E-state index in [9.17, 15) is 19.5 Å². The molecule has 0 aliphatic rings. The van der Waals surface area contributed by atoms with Crippen molar-refractivity contribution < 1.29 is 38.2 Å². The third kappa shape index (κ3) is 37.6. The lowest BCUT2D eigenvalue weighted by Gasteiger charge is -2.31. The van der Waals surface area contributed by atoms with Crippen LogP contribution in [0.1, 0.15) is 136 Å². The zero-order valence-electron chi connectivity index (χ0n) is 36.9. The molecule has 0 fully saturated rings. The van der Waals surface area contributed by atoms with Gasteiger partial charge in [0.05, 0.1) is 34.4 Å². The number of ether oxygens (including phenoxy) is 3. The molecule has 0 aromatic heterocycles. The second-order valence-electron chi connectivity index (χ2n) is 15.2. The van der Waals surface area contributed by atoms with Crippen LogP contribution in [-0.2, 0) is 28.6 Å². The molecule has 1 N–H and O–H groups in total. The van der Waals surface area contributed by atoms with Gasteiger partial charge in [0.15, 0.2) is 12.1 Å². The zero-order chi connectivity index (χ0) is 42.8. The summed E-state index contributed by atoms with van der Waals surface area (Å²) in [4.78, 5) is 36.9. The van der Waals surface area contributed by atoms with E-state index < -0.39 is 18.1 Å². The van der Waals surface area contributed by atoms with Crippen LogP contribution in [-0.4, -0.2) is 80.6 Å². The molecule has 0 saturated carbocycles. The number of hydrogen-bond donors (Lipinski definition) is 1. The first-order valence-corrected chi connectivity index (χ1v) is 21.9. The molecule has 8 nitrogen and oxygen atoms in total. The summed E-state index contributed by atoms with van der Waals surface area (Å²) in [6, 6.07) is -0.635. The topological polar surface area (TPSA) is 99.1 Å².